The van der Waals surface area contributed by atoms with Crippen molar-refractivity contribution in [1.29, 1.82) is 0 Å². The molecule has 3 atom stereocenters. The van der Waals surface area contributed by atoms with E-state index < -0.39 is 35.5 Å². The molecule has 1 aromatic carbocycles. The first-order chi connectivity index (χ1) is 18.1. The van der Waals surface area contributed by atoms with Gasteiger partial charge in [0, 0.05) is 37.5 Å². The van der Waals surface area contributed by atoms with Crippen LogP contribution in [0.3, 0.4) is 0 Å². The van der Waals surface area contributed by atoms with Crippen molar-refractivity contribution >= 4 is 17.7 Å². The number of H-pyrrole nitrogens is 1. The molecule has 3 N–H and O–H groups in total. The van der Waals surface area contributed by atoms with E-state index in [0.29, 0.717) is 18.1 Å². The van der Waals surface area contributed by atoms with Gasteiger partial charge in [0.15, 0.2) is 0 Å². The molecular formula is C26H31F2N7O3. The Hall–Kier alpha value is -4.09. The van der Waals surface area contributed by atoms with E-state index in [2.05, 4.69) is 25.6 Å². The van der Waals surface area contributed by atoms with E-state index in [1.807, 2.05) is 6.92 Å². The number of aromatic amines is 1. The zero-order valence-corrected chi connectivity index (χ0v) is 21.5. The van der Waals surface area contributed by atoms with Crippen LogP contribution in [0, 0.1) is 11.6 Å². The molecule has 1 saturated heterocycles. The molecule has 2 aromatic heterocycles. The zero-order valence-electron chi connectivity index (χ0n) is 21.5. The predicted molar refractivity (Wildman–Crippen MR) is 135 cm³/mol. The van der Waals surface area contributed by atoms with Gasteiger partial charge in [0.25, 0.3) is 5.91 Å². The standard InChI is InChI=1S/C26H31F2N7O3/c1-15-6-4-5-9-35(15)23(36)11-20(33-26(38)22-13-34(3)14-30-22)25(37)31-16(2)24-29-12-21(32-24)18-8-7-17(27)10-19(18)28/h7-8,10,12-16,20H,4-6,9,11H2,1-3H3,(H,29,32)(H,31,37)(H,33,38)/t15-,16?,20?/m0/s1. The second-order valence-corrected chi connectivity index (χ2v) is 9.62. The van der Waals surface area contributed by atoms with Gasteiger partial charge in [-0.3, -0.25) is 14.4 Å². The highest BCUT2D eigenvalue weighted by Gasteiger charge is 2.31. The topological polar surface area (TPSA) is 125 Å². The van der Waals surface area contributed by atoms with Crippen LogP contribution >= 0.6 is 0 Å². The number of nitrogens with one attached hydrogen (secondary N) is 3. The van der Waals surface area contributed by atoms with Crippen molar-refractivity contribution in [3.63, 3.8) is 0 Å². The van der Waals surface area contributed by atoms with Crippen molar-refractivity contribution < 1.29 is 23.2 Å². The first-order valence-electron chi connectivity index (χ1n) is 12.5. The molecule has 12 heteroatoms. The molecule has 1 fully saturated rings. The molecule has 202 valence electrons. The van der Waals surface area contributed by atoms with Crippen LogP contribution in [-0.4, -0.2) is 60.8 Å². The molecule has 3 amide bonds. The van der Waals surface area contributed by atoms with Crippen LogP contribution in [-0.2, 0) is 16.6 Å². The van der Waals surface area contributed by atoms with Crippen molar-refractivity contribution in [2.75, 3.05) is 6.54 Å². The lowest BCUT2D eigenvalue weighted by Gasteiger charge is -2.34. The average molecular weight is 528 g/mol. The quantitative estimate of drug-likeness (QED) is 0.416. The van der Waals surface area contributed by atoms with E-state index >= 15 is 0 Å². The minimum Gasteiger partial charge on any atom is -0.345 e. The maximum Gasteiger partial charge on any atom is 0.272 e. The van der Waals surface area contributed by atoms with E-state index in [0.717, 1.165) is 31.4 Å². The molecule has 1 aliphatic heterocycles. The van der Waals surface area contributed by atoms with Gasteiger partial charge in [-0.25, -0.2) is 18.7 Å². The van der Waals surface area contributed by atoms with Crippen molar-refractivity contribution in [2.24, 2.45) is 7.05 Å². The number of benzene rings is 1. The van der Waals surface area contributed by atoms with Gasteiger partial charge < -0.3 is 25.1 Å². The zero-order chi connectivity index (χ0) is 27.4. The van der Waals surface area contributed by atoms with E-state index in [-0.39, 0.29) is 29.6 Å². The Morgan fingerprint density at radius 3 is 2.66 bits per heavy atom. The van der Waals surface area contributed by atoms with Gasteiger partial charge >= 0.3 is 0 Å². The fourth-order valence-corrected chi connectivity index (χ4v) is 4.52. The lowest BCUT2D eigenvalue weighted by atomic mass is 10.0. The molecule has 0 bridgehead atoms. The van der Waals surface area contributed by atoms with Crippen molar-refractivity contribution in [3.05, 3.63) is 60.1 Å². The van der Waals surface area contributed by atoms with Gasteiger partial charge in [-0.2, -0.15) is 0 Å². The van der Waals surface area contributed by atoms with Crippen LogP contribution in [0.4, 0.5) is 8.78 Å². The number of amides is 3. The molecule has 1 aliphatic rings. The number of carbonyl (C=O) groups excluding carboxylic acids is 3. The number of hydrogen-bond donors (Lipinski definition) is 3. The highest BCUT2D eigenvalue weighted by Crippen LogP contribution is 2.23. The van der Waals surface area contributed by atoms with Crippen LogP contribution in [0.25, 0.3) is 11.3 Å². The molecule has 4 rings (SSSR count). The Morgan fingerprint density at radius 1 is 1.18 bits per heavy atom. The molecule has 3 aromatic rings. The summed E-state index contributed by atoms with van der Waals surface area (Å²) in [7, 11) is 1.71. The lowest BCUT2D eigenvalue weighted by Crippen LogP contribution is -2.51. The normalized spacial score (nSPS) is 17.1. The highest BCUT2D eigenvalue weighted by atomic mass is 19.1. The van der Waals surface area contributed by atoms with Crippen LogP contribution in [0.2, 0.25) is 0 Å². The number of aromatic nitrogens is 4. The smallest absolute Gasteiger partial charge is 0.272 e. The van der Waals surface area contributed by atoms with Gasteiger partial charge in [0.05, 0.1) is 30.7 Å². The first kappa shape index (κ1) is 27.0. The van der Waals surface area contributed by atoms with Crippen LogP contribution in [0.15, 0.2) is 36.9 Å². The minimum atomic E-state index is -1.16. The highest BCUT2D eigenvalue weighted by molar-refractivity contribution is 5.97. The van der Waals surface area contributed by atoms with Gasteiger partial charge in [0.1, 0.15) is 29.2 Å². The minimum absolute atomic E-state index is 0.0544. The number of imidazole rings is 2. The number of hydrogen-bond acceptors (Lipinski definition) is 5. The van der Waals surface area contributed by atoms with Crippen molar-refractivity contribution in [3.8, 4) is 11.3 Å². The Balaban J connectivity index is 1.49. The molecule has 0 saturated carbocycles. The summed E-state index contributed by atoms with van der Waals surface area (Å²) in [5.74, 6) is -2.50. The molecule has 3 heterocycles. The van der Waals surface area contributed by atoms with Crippen LogP contribution in [0.1, 0.15) is 61.9 Å². The van der Waals surface area contributed by atoms with E-state index in [1.165, 1.54) is 24.8 Å². The number of aryl methyl sites for hydroxylation is 1. The second kappa shape index (κ2) is 11.5. The molecule has 38 heavy (non-hydrogen) atoms. The Bertz CT molecular complexity index is 1320. The maximum absolute atomic E-state index is 14.2. The van der Waals surface area contributed by atoms with Crippen molar-refractivity contribution in [2.45, 2.75) is 57.7 Å². The largest absolute Gasteiger partial charge is 0.345 e. The number of nitrogens with zero attached hydrogens (tertiary/aromatic N) is 4. The molecular weight excluding hydrogens is 496 g/mol. The Morgan fingerprint density at radius 2 is 1.97 bits per heavy atom. The van der Waals surface area contributed by atoms with E-state index in [4.69, 9.17) is 0 Å². The summed E-state index contributed by atoms with van der Waals surface area (Å²) >= 11 is 0. The lowest BCUT2D eigenvalue weighted by molar-refractivity contribution is -0.137. The molecule has 2 unspecified atom stereocenters. The van der Waals surface area contributed by atoms with Gasteiger partial charge in [0.2, 0.25) is 11.8 Å². The summed E-state index contributed by atoms with van der Waals surface area (Å²) in [4.78, 5) is 52.1. The Labute approximate surface area is 218 Å². The third-order valence-corrected chi connectivity index (χ3v) is 6.65. The van der Waals surface area contributed by atoms with E-state index in [9.17, 15) is 23.2 Å². The predicted octanol–water partition coefficient (Wildman–Crippen LogP) is 2.86. The van der Waals surface area contributed by atoms with E-state index in [1.54, 1.807) is 23.4 Å². The summed E-state index contributed by atoms with van der Waals surface area (Å²) in [5, 5.41) is 5.41. The summed E-state index contributed by atoms with van der Waals surface area (Å²) in [5.41, 5.74) is 0.562. The fourth-order valence-electron chi connectivity index (χ4n) is 4.52. The van der Waals surface area contributed by atoms with Gasteiger partial charge in [-0.1, -0.05) is 0 Å². The molecule has 10 nitrogen and oxygen atoms in total. The van der Waals surface area contributed by atoms with Gasteiger partial charge in [-0.05, 0) is 45.2 Å². The number of likely N-dealkylation sites (tertiary alicyclic amines) is 1. The number of carbonyl (C=O) groups is 3. The number of piperidine rings is 1. The van der Waals surface area contributed by atoms with Crippen LogP contribution in [0.5, 0.6) is 0 Å². The second-order valence-electron chi connectivity index (χ2n) is 9.62. The molecule has 0 aliphatic carbocycles. The third kappa shape index (κ3) is 6.24. The third-order valence-electron chi connectivity index (χ3n) is 6.65. The summed E-state index contributed by atoms with van der Waals surface area (Å²) in [6, 6.07) is 1.44. The molecule has 0 spiro atoms. The monoisotopic (exact) mass is 527 g/mol. The van der Waals surface area contributed by atoms with Gasteiger partial charge in [-0.15, -0.1) is 0 Å². The van der Waals surface area contributed by atoms with Crippen LogP contribution < -0.4 is 10.6 Å². The van der Waals surface area contributed by atoms with Crippen molar-refractivity contribution in [1.82, 2.24) is 35.1 Å². The fraction of sp³-hybridized carbons (Fsp3) is 0.423. The number of rotatable bonds is 8. The maximum atomic E-state index is 14.2. The molecule has 0 radical (unpaired) electrons. The summed E-state index contributed by atoms with van der Waals surface area (Å²) in [6.07, 6.45) is 6.96. The number of halogens is 2. The Kier molecular flexibility index (Phi) is 8.18. The first-order valence-corrected chi connectivity index (χ1v) is 12.5. The average Bonchev–Trinajstić information content (AvgIpc) is 3.53. The summed E-state index contributed by atoms with van der Waals surface area (Å²) < 4.78 is 29.1. The SMILES string of the molecule is CC(NC(=O)C(CC(=O)N1CCCC[C@@H]1C)NC(=O)c1cn(C)cn1)c1ncc(-c2ccc(F)cc2F)[nH]1. The summed E-state index contributed by atoms with van der Waals surface area (Å²) in [6.45, 7) is 4.24.